The van der Waals surface area contributed by atoms with Crippen molar-refractivity contribution in [2.45, 2.75) is 38.6 Å². The van der Waals surface area contributed by atoms with Crippen molar-refractivity contribution in [3.05, 3.63) is 71.0 Å². The number of aryl methyl sites for hydroxylation is 1. The van der Waals surface area contributed by atoms with E-state index in [-0.39, 0.29) is 23.6 Å². The van der Waals surface area contributed by atoms with Crippen molar-refractivity contribution < 1.29 is 9.18 Å². The predicted molar refractivity (Wildman–Crippen MR) is 122 cm³/mol. The number of carbonyl (C=O) groups excluding carboxylic acids is 1. The number of benzene rings is 2. The summed E-state index contributed by atoms with van der Waals surface area (Å²) >= 11 is 0. The molecule has 2 aromatic rings. The first kappa shape index (κ1) is 22.0. The molecule has 0 bridgehead atoms. The van der Waals surface area contributed by atoms with Gasteiger partial charge in [-0.15, -0.1) is 0 Å². The molecule has 1 N–H and O–H groups in total. The molecule has 2 fully saturated rings. The predicted octanol–water partition coefficient (Wildman–Crippen LogP) is 3.95. The fraction of sp³-hybridized carbons (Fsp3) is 0.500. The summed E-state index contributed by atoms with van der Waals surface area (Å²) in [6.07, 6.45) is 3.37. The normalized spacial score (nSPS) is 22.5. The molecule has 0 radical (unpaired) electrons. The zero-order chi connectivity index (χ0) is 21.6. The summed E-state index contributed by atoms with van der Waals surface area (Å²) in [6, 6.07) is 15.5. The van der Waals surface area contributed by atoms with Crippen molar-refractivity contribution in [2.75, 3.05) is 39.3 Å². The second-order valence-electron chi connectivity index (χ2n) is 9.17. The van der Waals surface area contributed by atoms with Crippen LogP contribution >= 0.6 is 0 Å². The van der Waals surface area contributed by atoms with E-state index in [0.717, 1.165) is 32.6 Å². The smallest absolute Gasteiger partial charge is 0.224 e. The molecule has 2 atom stereocenters. The summed E-state index contributed by atoms with van der Waals surface area (Å²) in [4.78, 5) is 17.7. The van der Waals surface area contributed by atoms with Crippen LogP contribution in [0.15, 0.2) is 48.5 Å². The number of piperidine rings is 1. The minimum atomic E-state index is -0.174. The largest absolute Gasteiger partial charge is 0.355 e. The summed E-state index contributed by atoms with van der Waals surface area (Å²) in [6.45, 7) is 8.08. The van der Waals surface area contributed by atoms with Gasteiger partial charge in [0.05, 0.1) is 5.92 Å². The zero-order valence-electron chi connectivity index (χ0n) is 18.5. The van der Waals surface area contributed by atoms with Crippen molar-refractivity contribution in [2.24, 2.45) is 5.92 Å². The molecule has 1 amide bonds. The first-order chi connectivity index (χ1) is 15.1. The highest BCUT2D eigenvalue weighted by Gasteiger charge is 2.32. The van der Waals surface area contributed by atoms with E-state index in [1.807, 2.05) is 12.1 Å². The van der Waals surface area contributed by atoms with Crippen LogP contribution in [0, 0.1) is 18.7 Å². The van der Waals surface area contributed by atoms with Crippen LogP contribution in [0.25, 0.3) is 0 Å². The van der Waals surface area contributed by atoms with Crippen LogP contribution in [-0.2, 0) is 11.3 Å². The van der Waals surface area contributed by atoms with Crippen LogP contribution in [0.4, 0.5) is 4.39 Å². The third kappa shape index (κ3) is 5.92. The third-order valence-corrected chi connectivity index (χ3v) is 6.69. The topological polar surface area (TPSA) is 35.6 Å². The maximum atomic E-state index is 14.3. The molecule has 0 unspecified atom stereocenters. The molecule has 4 rings (SSSR count). The minimum absolute atomic E-state index is 0.0791. The Kier molecular flexibility index (Phi) is 7.36. The number of hydrogen-bond donors (Lipinski definition) is 1. The standard InChI is InChI=1S/C26H34FN3O/c1-20-7-6-9-21(15-20)23-16-24(26(31)28-11-14-29-12-4-5-13-29)19-30(18-23)17-22-8-2-3-10-25(22)27/h2-3,6-10,15,23-24H,4-5,11-14,16-19H2,1H3,(H,28,31)/t23-,24-/m0/s1. The first-order valence-electron chi connectivity index (χ1n) is 11.6. The summed E-state index contributed by atoms with van der Waals surface area (Å²) < 4.78 is 14.3. The lowest BCUT2D eigenvalue weighted by atomic mass is 9.83. The van der Waals surface area contributed by atoms with Gasteiger partial charge in [-0.2, -0.15) is 0 Å². The average Bonchev–Trinajstić information content (AvgIpc) is 3.29. The SMILES string of the molecule is Cc1cccc([C@H]2C[C@H](C(=O)NCCN3CCCC3)CN(Cc3ccccc3F)C2)c1. The highest BCUT2D eigenvalue weighted by atomic mass is 19.1. The maximum Gasteiger partial charge on any atom is 0.224 e. The Morgan fingerprint density at radius 1 is 1.06 bits per heavy atom. The van der Waals surface area contributed by atoms with Gasteiger partial charge in [-0.25, -0.2) is 4.39 Å². The fourth-order valence-electron chi connectivity index (χ4n) is 5.03. The molecular weight excluding hydrogens is 389 g/mol. The fourth-order valence-corrected chi connectivity index (χ4v) is 5.03. The van der Waals surface area contributed by atoms with Gasteiger partial charge in [-0.1, -0.05) is 48.0 Å². The van der Waals surface area contributed by atoms with Gasteiger partial charge in [0, 0.05) is 38.3 Å². The second-order valence-corrected chi connectivity index (χ2v) is 9.17. The van der Waals surface area contributed by atoms with Gasteiger partial charge >= 0.3 is 0 Å². The zero-order valence-corrected chi connectivity index (χ0v) is 18.5. The van der Waals surface area contributed by atoms with Crippen molar-refractivity contribution in [3.63, 3.8) is 0 Å². The van der Waals surface area contributed by atoms with Crippen LogP contribution in [-0.4, -0.2) is 55.0 Å². The van der Waals surface area contributed by atoms with Crippen molar-refractivity contribution in [1.82, 2.24) is 15.1 Å². The van der Waals surface area contributed by atoms with E-state index in [2.05, 4.69) is 46.3 Å². The van der Waals surface area contributed by atoms with Gasteiger partial charge in [0.1, 0.15) is 5.82 Å². The highest BCUT2D eigenvalue weighted by molar-refractivity contribution is 5.79. The van der Waals surface area contributed by atoms with Crippen molar-refractivity contribution in [3.8, 4) is 0 Å². The van der Waals surface area contributed by atoms with Crippen LogP contribution < -0.4 is 5.32 Å². The van der Waals surface area contributed by atoms with Crippen LogP contribution in [0.1, 0.15) is 41.9 Å². The van der Waals surface area contributed by atoms with Gasteiger partial charge in [0.15, 0.2) is 0 Å². The Bertz CT molecular complexity index is 880. The molecule has 4 nitrogen and oxygen atoms in total. The number of hydrogen-bond acceptors (Lipinski definition) is 3. The number of carbonyl (C=O) groups is 1. The lowest BCUT2D eigenvalue weighted by Gasteiger charge is -2.37. The Morgan fingerprint density at radius 3 is 2.65 bits per heavy atom. The van der Waals surface area contributed by atoms with Crippen molar-refractivity contribution >= 4 is 5.91 Å². The Hall–Kier alpha value is -2.24. The van der Waals surface area contributed by atoms with Gasteiger partial charge in [0.2, 0.25) is 5.91 Å². The molecular formula is C26H34FN3O. The van der Waals surface area contributed by atoms with Gasteiger partial charge in [-0.3, -0.25) is 9.69 Å². The Balaban J connectivity index is 1.44. The van der Waals surface area contributed by atoms with Crippen LogP contribution in [0.5, 0.6) is 0 Å². The van der Waals surface area contributed by atoms with E-state index >= 15 is 0 Å². The van der Waals surface area contributed by atoms with E-state index in [1.165, 1.54) is 30.0 Å². The van der Waals surface area contributed by atoms with Crippen LogP contribution in [0.3, 0.4) is 0 Å². The third-order valence-electron chi connectivity index (χ3n) is 6.69. The molecule has 0 saturated carbocycles. The molecule has 2 aliphatic heterocycles. The molecule has 5 heteroatoms. The quantitative estimate of drug-likeness (QED) is 0.732. The monoisotopic (exact) mass is 423 g/mol. The van der Waals surface area contributed by atoms with Crippen LogP contribution in [0.2, 0.25) is 0 Å². The van der Waals surface area contributed by atoms with E-state index in [0.29, 0.717) is 25.2 Å². The lowest BCUT2D eigenvalue weighted by molar-refractivity contribution is -0.127. The Labute approximate surface area is 185 Å². The van der Waals surface area contributed by atoms with E-state index in [1.54, 1.807) is 6.07 Å². The second kappa shape index (κ2) is 10.4. The Morgan fingerprint density at radius 2 is 1.87 bits per heavy atom. The molecule has 166 valence electrons. The molecule has 2 saturated heterocycles. The van der Waals surface area contributed by atoms with Gasteiger partial charge in [-0.05, 0) is 56.8 Å². The summed E-state index contributed by atoms with van der Waals surface area (Å²) in [5.74, 6) is 0.154. The molecule has 31 heavy (non-hydrogen) atoms. The minimum Gasteiger partial charge on any atom is -0.355 e. The molecule has 2 aliphatic rings. The maximum absolute atomic E-state index is 14.3. The summed E-state index contributed by atoms with van der Waals surface area (Å²) in [7, 11) is 0. The van der Waals surface area contributed by atoms with Crippen molar-refractivity contribution in [1.29, 1.82) is 0 Å². The average molecular weight is 424 g/mol. The van der Waals surface area contributed by atoms with E-state index in [9.17, 15) is 9.18 Å². The number of nitrogens with zero attached hydrogens (tertiary/aromatic N) is 2. The number of amides is 1. The first-order valence-corrected chi connectivity index (χ1v) is 11.6. The lowest BCUT2D eigenvalue weighted by Crippen LogP contribution is -2.46. The summed E-state index contributed by atoms with van der Waals surface area (Å²) in [5, 5.41) is 3.18. The van der Waals surface area contributed by atoms with E-state index in [4.69, 9.17) is 0 Å². The molecule has 2 aromatic carbocycles. The molecule has 0 spiro atoms. The molecule has 0 aromatic heterocycles. The number of rotatable bonds is 7. The summed E-state index contributed by atoms with van der Waals surface area (Å²) in [5.41, 5.74) is 3.20. The van der Waals surface area contributed by atoms with Gasteiger partial charge in [0.25, 0.3) is 0 Å². The highest BCUT2D eigenvalue weighted by Crippen LogP contribution is 2.32. The molecule has 0 aliphatic carbocycles. The molecule has 2 heterocycles. The van der Waals surface area contributed by atoms with E-state index < -0.39 is 0 Å². The number of likely N-dealkylation sites (tertiary alicyclic amines) is 2. The number of nitrogens with one attached hydrogen (secondary N) is 1. The van der Waals surface area contributed by atoms with Gasteiger partial charge < -0.3 is 10.2 Å². The number of halogens is 1.